The summed E-state index contributed by atoms with van der Waals surface area (Å²) in [7, 11) is 1.86. The predicted molar refractivity (Wildman–Crippen MR) is 112 cm³/mol. The van der Waals surface area contributed by atoms with Crippen LogP contribution in [0.25, 0.3) is 5.69 Å². The first-order chi connectivity index (χ1) is 13.4. The van der Waals surface area contributed by atoms with Gasteiger partial charge in [0.2, 0.25) is 5.91 Å². The summed E-state index contributed by atoms with van der Waals surface area (Å²) in [6, 6.07) is 15.5. The Kier molecular flexibility index (Phi) is 6.15. The molecule has 0 aliphatic heterocycles. The van der Waals surface area contributed by atoms with Gasteiger partial charge in [-0.3, -0.25) is 4.79 Å². The first-order valence-corrected chi connectivity index (χ1v) is 9.73. The molecule has 0 bridgehead atoms. The molecule has 0 saturated carbocycles. The average molecular weight is 397 g/mol. The monoisotopic (exact) mass is 396 g/mol. The Bertz CT molecular complexity index is 905. The highest BCUT2D eigenvalue weighted by Crippen LogP contribution is 2.31. The molecule has 6 heteroatoms. The van der Waals surface area contributed by atoms with Crippen LogP contribution < -0.4 is 0 Å². The number of aromatic nitrogens is 3. The molecule has 0 radical (unpaired) electrons. The predicted octanol–water partition coefficient (Wildman–Crippen LogP) is 4.88. The molecule has 146 valence electrons. The molecule has 0 N–H and O–H groups in total. The van der Waals surface area contributed by atoms with Gasteiger partial charge in [0.05, 0.1) is 17.6 Å². The number of benzene rings is 2. The Labute approximate surface area is 171 Å². The van der Waals surface area contributed by atoms with Gasteiger partial charge in [0.25, 0.3) is 0 Å². The van der Waals surface area contributed by atoms with Crippen LogP contribution in [-0.2, 0) is 4.79 Å². The Morgan fingerprint density at radius 2 is 1.61 bits per heavy atom. The third-order valence-corrected chi connectivity index (χ3v) is 5.40. The number of likely N-dealkylation sites (N-methyl/N-ethyl adjacent to an activating group) is 1. The fraction of sp³-hybridized carbons (Fsp3) is 0.318. The minimum absolute atomic E-state index is 0.0501. The number of rotatable bonds is 6. The lowest BCUT2D eigenvalue weighted by molar-refractivity contribution is -0.134. The van der Waals surface area contributed by atoms with Crippen molar-refractivity contribution in [1.82, 2.24) is 19.7 Å². The molecule has 3 aromatic rings. The molecule has 1 aromatic heterocycles. The second kappa shape index (κ2) is 8.57. The largest absolute Gasteiger partial charge is 0.338 e. The van der Waals surface area contributed by atoms with Crippen LogP contribution in [0.15, 0.2) is 61.2 Å². The first-order valence-electron chi connectivity index (χ1n) is 9.35. The Hall–Kier alpha value is -2.66. The van der Waals surface area contributed by atoms with Gasteiger partial charge in [-0.05, 0) is 48.2 Å². The zero-order valence-electron chi connectivity index (χ0n) is 16.6. The van der Waals surface area contributed by atoms with E-state index in [1.165, 1.54) is 6.33 Å². The van der Waals surface area contributed by atoms with Crippen LogP contribution >= 0.6 is 11.6 Å². The summed E-state index contributed by atoms with van der Waals surface area (Å²) in [6.07, 6.45) is 3.17. The lowest BCUT2D eigenvalue weighted by Gasteiger charge is -2.31. The number of hydrogen-bond acceptors (Lipinski definition) is 3. The van der Waals surface area contributed by atoms with Gasteiger partial charge >= 0.3 is 0 Å². The number of amides is 1. The van der Waals surface area contributed by atoms with Gasteiger partial charge in [-0.15, -0.1) is 0 Å². The van der Waals surface area contributed by atoms with Crippen molar-refractivity contribution in [3.8, 4) is 5.69 Å². The Morgan fingerprint density at radius 1 is 1.00 bits per heavy atom. The molecule has 1 heterocycles. The normalized spacial score (nSPS) is 13.4. The summed E-state index contributed by atoms with van der Waals surface area (Å²) in [5, 5.41) is 4.81. The molecule has 1 amide bonds. The standard InChI is InChI=1S/C22H25ClN4O/c1-15(2)21(18-5-9-19(23)10-6-18)22(28)26(4)16(3)17-7-11-20(12-8-17)27-14-24-13-25-27/h5-16,21H,1-4H3/t16-,21+/m1/s1. The van der Waals surface area contributed by atoms with Crippen LogP contribution in [0.5, 0.6) is 0 Å². The van der Waals surface area contributed by atoms with Crippen molar-refractivity contribution in [2.24, 2.45) is 5.92 Å². The van der Waals surface area contributed by atoms with Gasteiger partial charge in [-0.1, -0.05) is 49.7 Å². The smallest absolute Gasteiger partial charge is 0.230 e. The van der Waals surface area contributed by atoms with E-state index in [4.69, 9.17) is 11.6 Å². The van der Waals surface area contributed by atoms with E-state index < -0.39 is 0 Å². The molecule has 0 spiro atoms. The van der Waals surface area contributed by atoms with Crippen molar-refractivity contribution < 1.29 is 4.79 Å². The SMILES string of the molecule is CC(C)[C@H](C(=O)N(C)[C@H](C)c1ccc(-n2cncn2)cc1)c1ccc(Cl)cc1. The van der Waals surface area contributed by atoms with Gasteiger partial charge in [0.1, 0.15) is 12.7 Å². The number of carbonyl (C=O) groups excluding carboxylic acids is 1. The van der Waals surface area contributed by atoms with E-state index in [0.29, 0.717) is 5.02 Å². The fourth-order valence-electron chi connectivity index (χ4n) is 3.36. The highest BCUT2D eigenvalue weighted by Gasteiger charge is 2.29. The quantitative estimate of drug-likeness (QED) is 0.596. The van der Waals surface area contributed by atoms with Crippen LogP contribution in [0.1, 0.15) is 43.9 Å². The topological polar surface area (TPSA) is 51.0 Å². The maximum atomic E-state index is 13.3. The summed E-state index contributed by atoms with van der Waals surface area (Å²) >= 11 is 6.01. The van der Waals surface area contributed by atoms with E-state index in [-0.39, 0.29) is 23.8 Å². The third-order valence-electron chi connectivity index (χ3n) is 5.15. The molecular weight excluding hydrogens is 372 g/mol. The molecule has 28 heavy (non-hydrogen) atoms. The van der Waals surface area contributed by atoms with Crippen LogP contribution in [-0.4, -0.2) is 32.6 Å². The molecule has 0 fully saturated rings. The summed E-state index contributed by atoms with van der Waals surface area (Å²) in [5.41, 5.74) is 2.99. The number of nitrogens with zero attached hydrogens (tertiary/aromatic N) is 4. The minimum Gasteiger partial charge on any atom is -0.338 e. The summed E-state index contributed by atoms with van der Waals surface area (Å²) < 4.78 is 1.71. The number of carbonyl (C=O) groups is 1. The van der Waals surface area contributed by atoms with E-state index in [1.54, 1.807) is 11.0 Å². The van der Waals surface area contributed by atoms with E-state index >= 15 is 0 Å². The van der Waals surface area contributed by atoms with Gasteiger partial charge in [0, 0.05) is 12.1 Å². The molecule has 0 aliphatic rings. The van der Waals surface area contributed by atoms with Crippen molar-refractivity contribution in [2.45, 2.75) is 32.7 Å². The van der Waals surface area contributed by atoms with E-state index in [0.717, 1.165) is 16.8 Å². The van der Waals surface area contributed by atoms with Crippen molar-refractivity contribution >= 4 is 17.5 Å². The third kappa shape index (κ3) is 4.25. The van der Waals surface area contributed by atoms with Gasteiger partial charge in [0.15, 0.2) is 0 Å². The maximum absolute atomic E-state index is 13.3. The average Bonchev–Trinajstić information content (AvgIpc) is 3.23. The van der Waals surface area contributed by atoms with Crippen molar-refractivity contribution in [2.75, 3.05) is 7.05 Å². The molecule has 5 nitrogen and oxygen atoms in total. The van der Waals surface area contributed by atoms with E-state index in [2.05, 4.69) is 23.9 Å². The van der Waals surface area contributed by atoms with Gasteiger partial charge in [-0.25, -0.2) is 9.67 Å². The number of hydrogen-bond donors (Lipinski definition) is 0. The van der Waals surface area contributed by atoms with Crippen molar-refractivity contribution in [1.29, 1.82) is 0 Å². The Balaban J connectivity index is 1.79. The van der Waals surface area contributed by atoms with Crippen LogP contribution in [0.4, 0.5) is 0 Å². The summed E-state index contributed by atoms with van der Waals surface area (Å²) in [5.74, 6) is 0.0716. The molecule has 0 unspecified atom stereocenters. The fourth-order valence-corrected chi connectivity index (χ4v) is 3.49. The van der Waals surface area contributed by atoms with Crippen molar-refractivity contribution in [3.63, 3.8) is 0 Å². The van der Waals surface area contributed by atoms with Crippen molar-refractivity contribution in [3.05, 3.63) is 77.3 Å². The second-order valence-corrected chi connectivity index (χ2v) is 7.77. The van der Waals surface area contributed by atoms with Gasteiger partial charge in [-0.2, -0.15) is 5.10 Å². The second-order valence-electron chi connectivity index (χ2n) is 7.33. The van der Waals surface area contributed by atoms with E-state index in [1.807, 2.05) is 67.4 Å². The van der Waals surface area contributed by atoms with Gasteiger partial charge < -0.3 is 4.90 Å². The highest BCUT2D eigenvalue weighted by atomic mass is 35.5. The highest BCUT2D eigenvalue weighted by molar-refractivity contribution is 6.30. The summed E-state index contributed by atoms with van der Waals surface area (Å²) in [6.45, 7) is 6.19. The van der Waals surface area contributed by atoms with Crippen LogP contribution in [0.3, 0.4) is 0 Å². The summed E-state index contributed by atoms with van der Waals surface area (Å²) in [4.78, 5) is 19.1. The molecule has 2 aromatic carbocycles. The first kappa shape index (κ1) is 20.1. The molecule has 3 rings (SSSR count). The molecular formula is C22H25ClN4O. The lowest BCUT2D eigenvalue weighted by Crippen LogP contribution is -2.35. The minimum atomic E-state index is -0.209. The van der Waals surface area contributed by atoms with Crippen LogP contribution in [0.2, 0.25) is 5.02 Å². The zero-order chi connectivity index (χ0) is 20.3. The molecule has 0 aliphatic carbocycles. The zero-order valence-corrected chi connectivity index (χ0v) is 17.3. The van der Waals surface area contributed by atoms with Crippen LogP contribution in [0, 0.1) is 5.92 Å². The molecule has 0 saturated heterocycles. The lowest BCUT2D eigenvalue weighted by atomic mass is 9.86. The Morgan fingerprint density at radius 3 is 2.14 bits per heavy atom. The molecule has 2 atom stereocenters. The number of halogens is 1. The maximum Gasteiger partial charge on any atom is 0.230 e. The van der Waals surface area contributed by atoms with E-state index in [9.17, 15) is 4.79 Å².